The SMILES string of the molecule is C#Cc1ccc(Br)cc1.CC. The summed E-state index contributed by atoms with van der Waals surface area (Å²) in [6.45, 7) is 4.00. The van der Waals surface area contributed by atoms with Gasteiger partial charge in [-0.2, -0.15) is 0 Å². The van der Waals surface area contributed by atoms with Crippen LogP contribution in [0.5, 0.6) is 0 Å². The summed E-state index contributed by atoms with van der Waals surface area (Å²) in [4.78, 5) is 0. The van der Waals surface area contributed by atoms with E-state index in [0.717, 1.165) is 10.0 Å². The lowest BCUT2D eigenvalue weighted by molar-refractivity contribution is 1.50. The maximum atomic E-state index is 5.13. The van der Waals surface area contributed by atoms with Crippen LogP contribution in [0.25, 0.3) is 0 Å². The zero-order valence-corrected chi connectivity index (χ0v) is 8.35. The van der Waals surface area contributed by atoms with E-state index in [0.29, 0.717) is 0 Å². The average molecular weight is 211 g/mol. The molecule has 0 radical (unpaired) electrons. The second kappa shape index (κ2) is 6.00. The quantitative estimate of drug-likeness (QED) is 0.576. The van der Waals surface area contributed by atoms with E-state index < -0.39 is 0 Å². The standard InChI is InChI=1S/C8H5Br.C2H6/c1-2-7-3-5-8(9)6-4-7;1-2/h1,3-6H;1-2H3. The smallest absolute Gasteiger partial charge is 0.0243 e. The lowest BCUT2D eigenvalue weighted by Crippen LogP contribution is -1.69. The van der Waals surface area contributed by atoms with Crippen LogP contribution in [-0.4, -0.2) is 0 Å². The molecule has 0 aliphatic carbocycles. The molecule has 0 nitrogen and oxygen atoms in total. The van der Waals surface area contributed by atoms with Crippen LogP contribution in [0, 0.1) is 12.3 Å². The van der Waals surface area contributed by atoms with Crippen LogP contribution in [0.4, 0.5) is 0 Å². The summed E-state index contributed by atoms with van der Waals surface area (Å²) in [5.41, 5.74) is 0.915. The molecule has 1 rings (SSSR count). The number of terminal acetylenes is 1. The van der Waals surface area contributed by atoms with Crippen molar-refractivity contribution in [2.75, 3.05) is 0 Å². The van der Waals surface area contributed by atoms with Crippen molar-refractivity contribution in [3.8, 4) is 12.3 Å². The predicted molar refractivity (Wildman–Crippen MR) is 53.4 cm³/mol. The second-order valence-electron chi connectivity index (χ2n) is 1.65. The minimum atomic E-state index is 0.915. The Labute approximate surface area is 76.8 Å². The summed E-state index contributed by atoms with van der Waals surface area (Å²) < 4.78 is 1.06. The van der Waals surface area contributed by atoms with E-state index in [1.807, 2.05) is 38.1 Å². The lowest BCUT2D eigenvalue weighted by Gasteiger charge is -1.88. The number of halogens is 1. The molecule has 58 valence electrons. The Bertz CT molecular complexity index is 228. The van der Waals surface area contributed by atoms with Gasteiger partial charge in [-0.05, 0) is 24.3 Å². The van der Waals surface area contributed by atoms with Crippen LogP contribution in [0.2, 0.25) is 0 Å². The molecule has 1 heteroatoms. The number of rotatable bonds is 0. The van der Waals surface area contributed by atoms with Crippen molar-refractivity contribution >= 4 is 15.9 Å². The van der Waals surface area contributed by atoms with Gasteiger partial charge in [-0.15, -0.1) is 6.42 Å². The van der Waals surface area contributed by atoms with E-state index in [1.165, 1.54) is 0 Å². The van der Waals surface area contributed by atoms with Crippen molar-refractivity contribution < 1.29 is 0 Å². The van der Waals surface area contributed by atoms with Crippen molar-refractivity contribution in [2.45, 2.75) is 13.8 Å². The molecule has 0 atom stereocenters. The minimum Gasteiger partial charge on any atom is -0.115 e. The van der Waals surface area contributed by atoms with E-state index >= 15 is 0 Å². The molecule has 0 unspecified atom stereocenters. The van der Waals surface area contributed by atoms with Crippen LogP contribution >= 0.6 is 15.9 Å². The summed E-state index contributed by atoms with van der Waals surface area (Å²) in [6.07, 6.45) is 5.13. The summed E-state index contributed by atoms with van der Waals surface area (Å²) in [6, 6.07) is 7.64. The zero-order valence-electron chi connectivity index (χ0n) is 6.76. The number of hydrogen-bond acceptors (Lipinski definition) is 0. The van der Waals surface area contributed by atoms with Crippen molar-refractivity contribution in [1.29, 1.82) is 0 Å². The fourth-order valence-corrected chi connectivity index (χ4v) is 0.810. The lowest BCUT2D eigenvalue weighted by atomic mass is 10.2. The van der Waals surface area contributed by atoms with Gasteiger partial charge in [0, 0.05) is 10.0 Å². The Morgan fingerprint density at radius 1 is 1.18 bits per heavy atom. The monoisotopic (exact) mass is 210 g/mol. The Hall–Kier alpha value is -0.740. The summed E-state index contributed by atoms with van der Waals surface area (Å²) in [7, 11) is 0. The molecule has 0 spiro atoms. The third kappa shape index (κ3) is 3.85. The van der Waals surface area contributed by atoms with E-state index in [-0.39, 0.29) is 0 Å². The molecule has 11 heavy (non-hydrogen) atoms. The Morgan fingerprint density at radius 2 is 1.64 bits per heavy atom. The van der Waals surface area contributed by atoms with Gasteiger partial charge in [0.05, 0.1) is 0 Å². The zero-order chi connectivity index (χ0) is 8.69. The maximum absolute atomic E-state index is 5.13. The highest BCUT2D eigenvalue weighted by atomic mass is 79.9. The van der Waals surface area contributed by atoms with E-state index in [2.05, 4.69) is 21.9 Å². The van der Waals surface area contributed by atoms with Gasteiger partial charge in [0.2, 0.25) is 0 Å². The highest BCUT2D eigenvalue weighted by molar-refractivity contribution is 9.10. The Morgan fingerprint density at radius 3 is 2.00 bits per heavy atom. The molecular formula is C10H11Br. The number of hydrogen-bond donors (Lipinski definition) is 0. The average Bonchev–Trinajstić information content (AvgIpc) is 2.10. The van der Waals surface area contributed by atoms with Gasteiger partial charge in [0.15, 0.2) is 0 Å². The molecule has 0 saturated heterocycles. The van der Waals surface area contributed by atoms with Crippen molar-refractivity contribution in [2.24, 2.45) is 0 Å². The number of benzene rings is 1. The van der Waals surface area contributed by atoms with Gasteiger partial charge in [-0.1, -0.05) is 35.7 Å². The Balaban J connectivity index is 0.000000461. The molecule has 0 N–H and O–H groups in total. The molecule has 0 amide bonds. The fourth-order valence-electron chi connectivity index (χ4n) is 0.546. The van der Waals surface area contributed by atoms with E-state index in [1.54, 1.807) is 0 Å². The first-order valence-electron chi connectivity index (χ1n) is 3.55. The van der Waals surface area contributed by atoms with Crippen LogP contribution in [0.15, 0.2) is 28.7 Å². The molecule has 0 aliphatic heterocycles. The summed E-state index contributed by atoms with van der Waals surface area (Å²) >= 11 is 3.31. The van der Waals surface area contributed by atoms with Crippen molar-refractivity contribution in [3.05, 3.63) is 34.3 Å². The van der Waals surface area contributed by atoms with Crippen LogP contribution < -0.4 is 0 Å². The van der Waals surface area contributed by atoms with Crippen LogP contribution in [-0.2, 0) is 0 Å². The Kier molecular flexibility index (Phi) is 5.60. The highest BCUT2D eigenvalue weighted by Gasteiger charge is 1.84. The van der Waals surface area contributed by atoms with Crippen LogP contribution in [0.3, 0.4) is 0 Å². The topological polar surface area (TPSA) is 0 Å². The van der Waals surface area contributed by atoms with E-state index in [9.17, 15) is 0 Å². The molecule has 0 aliphatic rings. The second-order valence-corrected chi connectivity index (χ2v) is 2.57. The first-order chi connectivity index (χ1) is 5.33. The molecule has 0 bridgehead atoms. The summed E-state index contributed by atoms with van der Waals surface area (Å²) in [5.74, 6) is 2.53. The first kappa shape index (κ1) is 10.3. The van der Waals surface area contributed by atoms with Crippen molar-refractivity contribution in [1.82, 2.24) is 0 Å². The van der Waals surface area contributed by atoms with Gasteiger partial charge in [-0.25, -0.2) is 0 Å². The van der Waals surface area contributed by atoms with E-state index in [4.69, 9.17) is 6.42 Å². The first-order valence-corrected chi connectivity index (χ1v) is 4.34. The van der Waals surface area contributed by atoms with Crippen molar-refractivity contribution in [3.63, 3.8) is 0 Å². The largest absolute Gasteiger partial charge is 0.115 e. The summed E-state index contributed by atoms with van der Waals surface area (Å²) in [5, 5.41) is 0. The molecule has 1 aromatic carbocycles. The molecule has 1 aromatic rings. The third-order valence-electron chi connectivity index (χ3n) is 1.01. The van der Waals surface area contributed by atoms with Gasteiger partial charge >= 0.3 is 0 Å². The normalized spacial score (nSPS) is 7.45. The van der Waals surface area contributed by atoms with Gasteiger partial charge in [0.1, 0.15) is 0 Å². The highest BCUT2D eigenvalue weighted by Crippen LogP contribution is 2.08. The maximum Gasteiger partial charge on any atom is 0.0243 e. The van der Waals surface area contributed by atoms with Gasteiger partial charge in [-0.3, -0.25) is 0 Å². The molecule has 0 saturated carbocycles. The van der Waals surface area contributed by atoms with Gasteiger partial charge < -0.3 is 0 Å². The third-order valence-corrected chi connectivity index (χ3v) is 1.54. The minimum absolute atomic E-state index is 0.915. The van der Waals surface area contributed by atoms with Crippen LogP contribution in [0.1, 0.15) is 19.4 Å². The molecule has 0 heterocycles. The fraction of sp³-hybridized carbons (Fsp3) is 0.200. The predicted octanol–water partition coefficient (Wildman–Crippen LogP) is 3.46. The van der Waals surface area contributed by atoms with Gasteiger partial charge in [0.25, 0.3) is 0 Å². The molecule has 0 aromatic heterocycles. The molecule has 0 fully saturated rings. The molecular weight excluding hydrogens is 200 g/mol.